The molecule has 0 aliphatic heterocycles. The first kappa shape index (κ1) is 18.6. The third kappa shape index (κ3) is 4.22. The molecule has 4 rings (SSSR count). The number of fused-ring (bicyclic) bond motifs is 3. The van der Waals surface area contributed by atoms with Crippen molar-refractivity contribution < 1.29 is 9.53 Å². The van der Waals surface area contributed by atoms with Crippen molar-refractivity contribution in [3.63, 3.8) is 0 Å². The van der Waals surface area contributed by atoms with Gasteiger partial charge in [0.1, 0.15) is 12.3 Å². The molecule has 0 bridgehead atoms. The molecule has 0 saturated carbocycles. The van der Waals surface area contributed by atoms with Crippen molar-refractivity contribution in [2.24, 2.45) is 0 Å². The van der Waals surface area contributed by atoms with E-state index in [0.717, 1.165) is 0 Å². The van der Waals surface area contributed by atoms with Crippen molar-refractivity contribution in [3.8, 4) is 23.0 Å². The van der Waals surface area contributed by atoms with Crippen molar-refractivity contribution in [1.29, 1.82) is 0 Å². The molecule has 1 aliphatic rings. The van der Waals surface area contributed by atoms with Crippen LogP contribution in [-0.4, -0.2) is 24.2 Å². The lowest BCUT2D eigenvalue weighted by Gasteiger charge is -2.14. The summed E-state index contributed by atoms with van der Waals surface area (Å²) in [5.41, 5.74) is 11.7. The van der Waals surface area contributed by atoms with Crippen molar-refractivity contribution in [3.05, 3.63) is 83.7 Å². The van der Waals surface area contributed by atoms with E-state index in [4.69, 9.17) is 10.5 Å². The number of hydrogen-bond donors (Lipinski definition) is 2. The van der Waals surface area contributed by atoms with Crippen molar-refractivity contribution in [2.45, 2.75) is 12.3 Å². The molecule has 0 fully saturated rings. The molecule has 0 spiro atoms. The van der Waals surface area contributed by atoms with Gasteiger partial charge in [-0.3, -0.25) is 0 Å². The average molecular weight is 383 g/mol. The van der Waals surface area contributed by atoms with E-state index in [1.54, 1.807) is 18.3 Å². The number of anilines is 1. The molecule has 144 valence electrons. The van der Waals surface area contributed by atoms with Gasteiger partial charge in [0.2, 0.25) is 0 Å². The molecule has 0 radical (unpaired) electrons. The van der Waals surface area contributed by atoms with E-state index in [0.29, 0.717) is 31.0 Å². The number of nitrogens with one attached hydrogen (secondary N) is 1. The molecular weight excluding hydrogens is 362 g/mol. The fourth-order valence-electron chi connectivity index (χ4n) is 3.51. The number of ether oxygens (including phenoxy) is 1. The van der Waals surface area contributed by atoms with Crippen LogP contribution in [0.3, 0.4) is 0 Å². The summed E-state index contributed by atoms with van der Waals surface area (Å²) in [6.45, 7) is 0.722. The van der Waals surface area contributed by atoms with Crippen LogP contribution in [0.1, 0.15) is 29.2 Å². The molecule has 3 aromatic rings. The minimum Gasteiger partial charge on any atom is -0.449 e. The zero-order valence-corrected chi connectivity index (χ0v) is 15.9. The summed E-state index contributed by atoms with van der Waals surface area (Å²) in [5.74, 6) is 5.97. The van der Waals surface area contributed by atoms with Crippen LogP contribution < -0.4 is 11.1 Å². The predicted molar refractivity (Wildman–Crippen MR) is 113 cm³/mol. The first-order valence-corrected chi connectivity index (χ1v) is 9.51. The van der Waals surface area contributed by atoms with Crippen molar-refractivity contribution >= 4 is 11.8 Å². The number of hydrogen-bond acceptors (Lipinski definition) is 4. The summed E-state index contributed by atoms with van der Waals surface area (Å²) < 4.78 is 5.49. The smallest absolute Gasteiger partial charge is 0.407 e. The maximum Gasteiger partial charge on any atom is 0.407 e. The fourth-order valence-corrected chi connectivity index (χ4v) is 3.51. The number of pyridine rings is 1. The minimum atomic E-state index is -0.431. The Hall–Kier alpha value is -3.78. The number of carbonyl (C=O) groups excluding carboxylic acids is 1. The summed E-state index contributed by atoms with van der Waals surface area (Å²) in [6.07, 6.45) is 1.65. The van der Waals surface area contributed by atoms with Gasteiger partial charge in [0.25, 0.3) is 0 Å². The first-order valence-electron chi connectivity index (χ1n) is 9.51. The van der Waals surface area contributed by atoms with Crippen LogP contribution in [0, 0.1) is 11.8 Å². The van der Waals surface area contributed by atoms with Crippen LogP contribution in [0.15, 0.2) is 66.9 Å². The number of carbonyl (C=O) groups is 1. The first-order chi connectivity index (χ1) is 14.2. The van der Waals surface area contributed by atoms with E-state index in [2.05, 4.69) is 46.4 Å². The van der Waals surface area contributed by atoms with E-state index in [-0.39, 0.29) is 5.92 Å². The topological polar surface area (TPSA) is 77.2 Å². The van der Waals surface area contributed by atoms with Gasteiger partial charge in [-0.1, -0.05) is 54.5 Å². The summed E-state index contributed by atoms with van der Waals surface area (Å²) >= 11 is 0. The largest absolute Gasteiger partial charge is 0.449 e. The number of nitrogens with zero attached hydrogens (tertiary/aromatic N) is 1. The molecule has 0 unspecified atom stereocenters. The van der Waals surface area contributed by atoms with Crippen LogP contribution in [0.4, 0.5) is 10.5 Å². The lowest BCUT2D eigenvalue weighted by Crippen LogP contribution is -2.26. The molecule has 1 amide bonds. The Morgan fingerprint density at radius 3 is 2.38 bits per heavy atom. The van der Waals surface area contributed by atoms with Gasteiger partial charge in [-0.05, 0) is 40.3 Å². The quantitative estimate of drug-likeness (QED) is 0.528. The fraction of sp³-hybridized carbons (Fsp3) is 0.167. The van der Waals surface area contributed by atoms with E-state index >= 15 is 0 Å². The molecule has 2 aromatic carbocycles. The van der Waals surface area contributed by atoms with E-state index < -0.39 is 6.09 Å². The molecule has 29 heavy (non-hydrogen) atoms. The summed E-state index contributed by atoms with van der Waals surface area (Å²) in [4.78, 5) is 16.2. The zero-order valence-electron chi connectivity index (χ0n) is 15.9. The minimum absolute atomic E-state index is 0.0598. The van der Waals surface area contributed by atoms with E-state index in [9.17, 15) is 4.79 Å². The molecule has 0 atom stereocenters. The van der Waals surface area contributed by atoms with Crippen LogP contribution >= 0.6 is 0 Å². The van der Waals surface area contributed by atoms with Crippen LogP contribution in [-0.2, 0) is 4.74 Å². The lowest BCUT2D eigenvalue weighted by molar-refractivity contribution is 0.143. The second kappa shape index (κ2) is 8.49. The number of aromatic nitrogens is 1. The molecule has 1 aromatic heterocycles. The Labute approximate surface area is 169 Å². The number of amides is 1. The van der Waals surface area contributed by atoms with Crippen molar-refractivity contribution in [2.75, 3.05) is 18.9 Å². The second-order valence-electron chi connectivity index (χ2n) is 6.78. The van der Waals surface area contributed by atoms with Gasteiger partial charge >= 0.3 is 6.09 Å². The molecule has 1 heterocycles. The number of rotatable bonds is 4. The van der Waals surface area contributed by atoms with Gasteiger partial charge in [0.05, 0.1) is 11.9 Å². The van der Waals surface area contributed by atoms with Gasteiger partial charge in [-0.25, -0.2) is 9.78 Å². The number of nitrogens with two attached hydrogens (primary N) is 1. The normalized spacial score (nSPS) is 11.7. The number of nitrogen functional groups attached to an aromatic ring is 1. The third-order valence-corrected chi connectivity index (χ3v) is 4.87. The maximum atomic E-state index is 12.1. The monoisotopic (exact) mass is 383 g/mol. The highest BCUT2D eigenvalue weighted by atomic mass is 16.5. The Kier molecular flexibility index (Phi) is 5.44. The highest BCUT2D eigenvalue weighted by molar-refractivity contribution is 5.79. The molecule has 5 nitrogen and oxygen atoms in total. The zero-order chi connectivity index (χ0) is 20.1. The molecule has 3 N–H and O–H groups in total. The Bertz CT molecular complexity index is 1040. The number of alkyl carbamates (subject to hydrolysis) is 1. The highest BCUT2D eigenvalue weighted by Crippen LogP contribution is 2.44. The Morgan fingerprint density at radius 1 is 1.03 bits per heavy atom. The van der Waals surface area contributed by atoms with Crippen molar-refractivity contribution in [1.82, 2.24) is 10.3 Å². The molecule has 0 saturated heterocycles. The molecule has 1 aliphatic carbocycles. The van der Waals surface area contributed by atoms with E-state index in [1.807, 2.05) is 24.3 Å². The Morgan fingerprint density at radius 2 is 1.72 bits per heavy atom. The third-order valence-electron chi connectivity index (χ3n) is 4.87. The van der Waals surface area contributed by atoms with Crippen LogP contribution in [0.5, 0.6) is 0 Å². The van der Waals surface area contributed by atoms with Gasteiger partial charge < -0.3 is 15.8 Å². The lowest BCUT2D eigenvalue weighted by atomic mass is 9.98. The standard InChI is InChI=1S/C24H21N3O2/c25-17-12-13-18(27-15-17)7-5-6-14-26-24(28)29-16-23-21-10-3-1-8-19(21)20-9-2-4-11-22(20)23/h1-4,8-13,15,23H,6,14,16,25H2,(H,26,28). The molecule has 5 heteroatoms. The predicted octanol–water partition coefficient (Wildman–Crippen LogP) is 3.94. The number of benzene rings is 2. The van der Waals surface area contributed by atoms with Crippen LogP contribution in [0.2, 0.25) is 0 Å². The van der Waals surface area contributed by atoms with E-state index in [1.165, 1.54) is 22.3 Å². The van der Waals surface area contributed by atoms with Gasteiger partial charge in [0, 0.05) is 18.9 Å². The maximum absolute atomic E-state index is 12.1. The van der Waals surface area contributed by atoms with Gasteiger partial charge in [0.15, 0.2) is 0 Å². The SMILES string of the molecule is Nc1ccc(C#CCCNC(=O)OCC2c3ccccc3-c3ccccc32)nc1. The second-order valence-corrected chi connectivity index (χ2v) is 6.78. The van der Waals surface area contributed by atoms with Crippen LogP contribution in [0.25, 0.3) is 11.1 Å². The summed E-state index contributed by atoms with van der Waals surface area (Å²) in [5, 5.41) is 2.75. The molecular formula is C24H21N3O2. The summed E-state index contributed by atoms with van der Waals surface area (Å²) in [6, 6.07) is 20.1. The Balaban J connectivity index is 1.29. The summed E-state index contributed by atoms with van der Waals surface area (Å²) in [7, 11) is 0. The average Bonchev–Trinajstić information content (AvgIpc) is 3.07. The van der Waals surface area contributed by atoms with Gasteiger partial charge in [-0.15, -0.1) is 0 Å². The van der Waals surface area contributed by atoms with Gasteiger partial charge in [-0.2, -0.15) is 0 Å². The highest BCUT2D eigenvalue weighted by Gasteiger charge is 2.28.